The van der Waals surface area contributed by atoms with E-state index in [0.717, 1.165) is 10.2 Å². The van der Waals surface area contributed by atoms with E-state index in [1.165, 1.54) is 6.33 Å². The Morgan fingerprint density at radius 2 is 1.59 bits per heavy atom. The first-order valence-electron chi connectivity index (χ1n) is 6.53. The summed E-state index contributed by atoms with van der Waals surface area (Å²) in [6.07, 6.45) is 3.14. The van der Waals surface area contributed by atoms with Gasteiger partial charge in [-0.25, -0.2) is 15.0 Å². The summed E-state index contributed by atoms with van der Waals surface area (Å²) in [7, 11) is 0. The molecule has 0 bridgehead atoms. The van der Waals surface area contributed by atoms with Crippen LogP contribution in [0.25, 0.3) is 0 Å². The molecule has 4 N–H and O–H groups in total. The SMILES string of the molecule is Nc1c(Nc2ccc(Br)cc2)ncnc1Nc1ccccn1. The molecule has 0 aliphatic heterocycles. The van der Waals surface area contributed by atoms with Crippen molar-refractivity contribution >= 4 is 44.8 Å². The van der Waals surface area contributed by atoms with Crippen LogP contribution in [0.4, 0.5) is 28.8 Å². The number of nitrogens with one attached hydrogen (secondary N) is 2. The van der Waals surface area contributed by atoms with Gasteiger partial charge in [-0.3, -0.25) is 0 Å². The fraction of sp³-hybridized carbons (Fsp3) is 0. The smallest absolute Gasteiger partial charge is 0.160 e. The molecule has 2 heterocycles. The predicted octanol–water partition coefficient (Wildman–Crippen LogP) is 3.70. The molecule has 110 valence electrons. The quantitative estimate of drug-likeness (QED) is 0.660. The van der Waals surface area contributed by atoms with Crippen LogP contribution >= 0.6 is 15.9 Å². The van der Waals surface area contributed by atoms with E-state index in [4.69, 9.17) is 5.73 Å². The summed E-state index contributed by atoms with van der Waals surface area (Å²) in [5, 5.41) is 6.24. The molecule has 0 saturated carbocycles. The Morgan fingerprint density at radius 1 is 0.864 bits per heavy atom. The van der Waals surface area contributed by atoms with Gasteiger partial charge in [0.05, 0.1) is 0 Å². The first-order valence-corrected chi connectivity index (χ1v) is 7.33. The highest BCUT2D eigenvalue weighted by molar-refractivity contribution is 9.10. The van der Waals surface area contributed by atoms with Crippen LogP contribution in [0.1, 0.15) is 0 Å². The van der Waals surface area contributed by atoms with E-state index < -0.39 is 0 Å². The molecule has 0 fully saturated rings. The molecular weight excluding hydrogens is 344 g/mol. The van der Waals surface area contributed by atoms with Gasteiger partial charge in [0, 0.05) is 16.4 Å². The number of pyridine rings is 1. The molecule has 3 aromatic rings. The second kappa shape index (κ2) is 6.40. The van der Waals surface area contributed by atoms with Crippen LogP contribution in [0.2, 0.25) is 0 Å². The summed E-state index contributed by atoms with van der Waals surface area (Å²) in [5.74, 6) is 1.71. The molecule has 2 aromatic heterocycles. The van der Waals surface area contributed by atoms with Gasteiger partial charge in [-0.05, 0) is 36.4 Å². The lowest BCUT2D eigenvalue weighted by Crippen LogP contribution is -2.05. The molecule has 0 aliphatic rings. The third-order valence-corrected chi connectivity index (χ3v) is 3.43. The molecule has 0 amide bonds. The van der Waals surface area contributed by atoms with Crippen molar-refractivity contribution in [2.24, 2.45) is 0 Å². The highest BCUT2D eigenvalue weighted by Crippen LogP contribution is 2.27. The zero-order valence-corrected chi connectivity index (χ0v) is 13.1. The number of halogens is 1. The lowest BCUT2D eigenvalue weighted by molar-refractivity contribution is 1.16. The van der Waals surface area contributed by atoms with Crippen molar-refractivity contribution in [1.29, 1.82) is 0 Å². The first kappa shape index (κ1) is 14.3. The summed E-state index contributed by atoms with van der Waals surface area (Å²) in [5.41, 5.74) is 7.44. The molecule has 22 heavy (non-hydrogen) atoms. The molecule has 6 nitrogen and oxygen atoms in total. The van der Waals surface area contributed by atoms with Gasteiger partial charge in [-0.2, -0.15) is 0 Å². The van der Waals surface area contributed by atoms with Crippen molar-refractivity contribution < 1.29 is 0 Å². The maximum atomic E-state index is 6.12. The molecular formula is C15H13BrN6. The average molecular weight is 357 g/mol. The normalized spacial score (nSPS) is 10.2. The van der Waals surface area contributed by atoms with Crippen LogP contribution in [0.5, 0.6) is 0 Å². The molecule has 7 heteroatoms. The van der Waals surface area contributed by atoms with Gasteiger partial charge in [0.2, 0.25) is 0 Å². The van der Waals surface area contributed by atoms with E-state index in [0.29, 0.717) is 23.1 Å². The Balaban J connectivity index is 1.84. The zero-order chi connectivity index (χ0) is 15.4. The van der Waals surface area contributed by atoms with E-state index >= 15 is 0 Å². The van der Waals surface area contributed by atoms with Gasteiger partial charge in [0.25, 0.3) is 0 Å². The van der Waals surface area contributed by atoms with Gasteiger partial charge in [-0.1, -0.05) is 22.0 Å². The number of benzene rings is 1. The summed E-state index contributed by atoms with van der Waals surface area (Å²) in [6.45, 7) is 0. The Hall–Kier alpha value is -2.67. The van der Waals surface area contributed by atoms with E-state index in [2.05, 4.69) is 41.5 Å². The Labute approximate surface area is 136 Å². The molecule has 0 saturated heterocycles. The third-order valence-electron chi connectivity index (χ3n) is 2.90. The standard InChI is InChI=1S/C15H13BrN6/c16-10-4-6-11(7-5-10)21-14-13(17)15(20-9-19-14)22-12-3-1-2-8-18-12/h1-9H,17H2,(H2,18,19,20,21,22). The Morgan fingerprint density at radius 3 is 2.27 bits per heavy atom. The Kier molecular flexibility index (Phi) is 4.15. The van der Waals surface area contributed by atoms with Gasteiger partial charge in [-0.15, -0.1) is 0 Å². The van der Waals surface area contributed by atoms with Crippen LogP contribution in [-0.4, -0.2) is 15.0 Å². The summed E-state index contributed by atoms with van der Waals surface area (Å²) >= 11 is 3.40. The van der Waals surface area contributed by atoms with Crippen LogP contribution in [0, 0.1) is 0 Å². The minimum absolute atomic E-state index is 0.427. The number of aromatic nitrogens is 3. The number of nitrogen functional groups attached to an aromatic ring is 1. The third kappa shape index (κ3) is 3.32. The molecule has 0 unspecified atom stereocenters. The summed E-state index contributed by atoms with van der Waals surface area (Å²) in [4.78, 5) is 12.5. The van der Waals surface area contributed by atoms with Crippen LogP contribution < -0.4 is 16.4 Å². The maximum Gasteiger partial charge on any atom is 0.160 e. The fourth-order valence-corrected chi connectivity index (χ4v) is 2.09. The van der Waals surface area contributed by atoms with Crippen molar-refractivity contribution in [3.05, 3.63) is 59.5 Å². The number of nitrogens with zero attached hydrogens (tertiary/aromatic N) is 3. The van der Waals surface area contributed by atoms with E-state index in [1.807, 2.05) is 42.5 Å². The molecule has 0 radical (unpaired) electrons. The van der Waals surface area contributed by atoms with Crippen molar-refractivity contribution in [2.45, 2.75) is 0 Å². The van der Waals surface area contributed by atoms with Gasteiger partial charge in [0.1, 0.15) is 17.8 Å². The van der Waals surface area contributed by atoms with Crippen LogP contribution in [0.3, 0.4) is 0 Å². The largest absolute Gasteiger partial charge is 0.393 e. The number of hydrogen-bond donors (Lipinski definition) is 3. The maximum absolute atomic E-state index is 6.12. The van der Waals surface area contributed by atoms with Crippen molar-refractivity contribution in [3.8, 4) is 0 Å². The molecule has 3 rings (SSSR count). The predicted molar refractivity (Wildman–Crippen MR) is 91.4 cm³/mol. The molecule has 0 spiro atoms. The number of nitrogens with two attached hydrogens (primary N) is 1. The summed E-state index contributed by atoms with van der Waals surface area (Å²) in [6, 6.07) is 13.3. The van der Waals surface area contributed by atoms with Gasteiger partial charge >= 0.3 is 0 Å². The number of hydrogen-bond acceptors (Lipinski definition) is 6. The van der Waals surface area contributed by atoms with Gasteiger partial charge in [0.15, 0.2) is 11.6 Å². The highest BCUT2D eigenvalue weighted by atomic mass is 79.9. The van der Waals surface area contributed by atoms with Crippen molar-refractivity contribution in [1.82, 2.24) is 15.0 Å². The Bertz CT molecular complexity index is 761. The van der Waals surface area contributed by atoms with Crippen molar-refractivity contribution in [2.75, 3.05) is 16.4 Å². The topological polar surface area (TPSA) is 88.8 Å². The fourth-order valence-electron chi connectivity index (χ4n) is 1.82. The van der Waals surface area contributed by atoms with Crippen LogP contribution in [-0.2, 0) is 0 Å². The number of anilines is 5. The number of rotatable bonds is 4. The monoisotopic (exact) mass is 356 g/mol. The minimum Gasteiger partial charge on any atom is -0.393 e. The van der Waals surface area contributed by atoms with Gasteiger partial charge < -0.3 is 16.4 Å². The van der Waals surface area contributed by atoms with E-state index in [9.17, 15) is 0 Å². The van der Waals surface area contributed by atoms with E-state index in [1.54, 1.807) is 6.20 Å². The second-order valence-corrected chi connectivity index (χ2v) is 5.37. The highest BCUT2D eigenvalue weighted by Gasteiger charge is 2.09. The van der Waals surface area contributed by atoms with E-state index in [-0.39, 0.29) is 0 Å². The average Bonchev–Trinajstić information content (AvgIpc) is 2.54. The zero-order valence-electron chi connectivity index (χ0n) is 11.5. The summed E-state index contributed by atoms with van der Waals surface area (Å²) < 4.78 is 1.01. The lowest BCUT2D eigenvalue weighted by atomic mass is 10.3. The minimum atomic E-state index is 0.427. The lowest BCUT2D eigenvalue weighted by Gasteiger charge is -2.12. The molecule has 1 aromatic carbocycles. The second-order valence-electron chi connectivity index (χ2n) is 4.46. The van der Waals surface area contributed by atoms with Crippen LogP contribution in [0.15, 0.2) is 59.5 Å². The first-order chi connectivity index (χ1) is 10.7. The molecule has 0 aliphatic carbocycles. The van der Waals surface area contributed by atoms with Crippen molar-refractivity contribution in [3.63, 3.8) is 0 Å². The molecule has 0 atom stereocenters.